The number of fused-ring (bicyclic) bond motifs is 1. The van der Waals surface area contributed by atoms with Gasteiger partial charge in [0.05, 0.1) is 19.1 Å². The number of guanidine groups is 1. The normalized spacial score (nSPS) is 13.4. The van der Waals surface area contributed by atoms with Crippen molar-refractivity contribution in [1.82, 2.24) is 10.2 Å². The molecule has 0 atom stereocenters. The van der Waals surface area contributed by atoms with Crippen LogP contribution in [0.4, 0.5) is 11.4 Å². The summed E-state index contributed by atoms with van der Waals surface area (Å²) >= 11 is 0. The highest BCUT2D eigenvalue weighted by atomic mass is 16.6. The lowest BCUT2D eigenvalue weighted by Gasteiger charge is -2.32. The zero-order valence-electron chi connectivity index (χ0n) is 17.5. The number of nitrogens with zero attached hydrogens (tertiary/aromatic N) is 3. The lowest BCUT2D eigenvalue weighted by molar-refractivity contribution is -0.384. The van der Waals surface area contributed by atoms with Gasteiger partial charge in [-0.1, -0.05) is 0 Å². The molecule has 0 bridgehead atoms. The van der Waals surface area contributed by atoms with Crippen LogP contribution in [-0.4, -0.2) is 56.7 Å². The van der Waals surface area contributed by atoms with E-state index in [0.717, 1.165) is 42.7 Å². The molecule has 0 amide bonds. The molecule has 2 aromatic carbocycles. The van der Waals surface area contributed by atoms with Crippen LogP contribution in [0.1, 0.15) is 11.1 Å². The monoisotopic (exact) mass is 413 g/mol. The molecule has 2 N–H and O–H groups in total. The summed E-state index contributed by atoms with van der Waals surface area (Å²) in [4.78, 5) is 16.9. The number of nitro groups is 1. The molecule has 0 unspecified atom stereocenters. The molecule has 0 saturated heterocycles. The van der Waals surface area contributed by atoms with Crippen molar-refractivity contribution in [2.45, 2.75) is 13.0 Å². The van der Waals surface area contributed by atoms with Gasteiger partial charge in [0.2, 0.25) is 0 Å². The molecule has 3 rings (SSSR count). The molecule has 160 valence electrons. The maximum absolute atomic E-state index is 10.7. The number of anilines is 1. The molecule has 30 heavy (non-hydrogen) atoms. The van der Waals surface area contributed by atoms with E-state index in [-0.39, 0.29) is 5.69 Å². The number of rotatable bonds is 7. The molecule has 0 fully saturated rings. The number of aliphatic imine (C=N–C) groups is 1. The van der Waals surface area contributed by atoms with E-state index in [1.54, 1.807) is 33.4 Å². The zero-order valence-corrected chi connectivity index (χ0v) is 17.5. The molecule has 2 aromatic rings. The number of ether oxygens (including phenoxy) is 2. The van der Waals surface area contributed by atoms with Gasteiger partial charge >= 0.3 is 0 Å². The Balaban J connectivity index is 1.54. The predicted octanol–water partition coefficient (Wildman–Crippen LogP) is 2.66. The van der Waals surface area contributed by atoms with E-state index < -0.39 is 4.92 Å². The van der Waals surface area contributed by atoms with Crippen molar-refractivity contribution >= 4 is 17.3 Å². The van der Waals surface area contributed by atoms with Gasteiger partial charge in [-0.05, 0) is 41.8 Å². The van der Waals surface area contributed by atoms with Gasteiger partial charge in [0, 0.05) is 51.0 Å². The second kappa shape index (κ2) is 9.82. The van der Waals surface area contributed by atoms with Crippen molar-refractivity contribution in [3.8, 4) is 11.5 Å². The van der Waals surface area contributed by atoms with Crippen LogP contribution in [0.15, 0.2) is 41.4 Å². The molecule has 0 saturated carbocycles. The molecule has 1 aliphatic rings. The van der Waals surface area contributed by atoms with Crippen molar-refractivity contribution in [1.29, 1.82) is 0 Å². The standard InChI is InChI=1S/C21H27N5O4/c1-22-21(24-10-9-23-17-4-6-18(7-5-17)26(27)28)25-11-8-15-12-19(29-2)20(30-3)13-16(15)14-25/h4-7,12-13,23H,8-11,14H2,1-3H3,(H,22,24). The first-order valence-electron chi connectivity index (χ1n) is 9.73. The number of nitrogens with one attached hydrogen (secondary N) is 2. The van der Waals surface area contributed by atoms with Crippen LogP contribution >= 0.6 is 0 Å². The Labute approximate surface area is 175 Å². The Hall–Kier alpha value is -3.49. The van der Waals surface area contributed by atoms with E-state index in [0.29, 0.717) is 13.1 Å². The number of methoxy groups -OCH3 is 2. The first-order chi connectivity index (χ1) is 14.5. The van der Waals surface area contributed by atoms with Crippen molar-refractivity contribution in [2.75, 3.05) is 46.2 Å². The van der Waals surface area contributed by atoms with Crippen LogP contribution < -0.4 is 20.1 Å². The molecular formula is C21H27N5O4. The van der Waals surface area contributed by atoms with Gasteiger partial charge in [-0.2, -0.15) is 0 Å². The fourth-order valence-corrected chi connectivity index (χ4v) is 3.48. The van der Waals surface area contributed by atoms with Gasteiger partial charge in [-0.3, -0.25) is 15.1 Å². The third kappa shape index (κ3) is 4.91. The van der Waals surface area contributed by atoms with E-state index in [4.69, 9.17) is 9.47 Å². The van der Waals surface area contributed by atoms with Crippen molar-refractivity contribution in [2.24, 2.45) is 4.99 Å². The molecule has 0 spiro atoms. The third-order valence-electron chi connectivity index (χ3n) is 5.04. The summed E-state index contributed by atoms with van der Waals surface area (Å²) in [5.41, 5.74) is 3.38. The maximum atomic E-state index is 10.7. The Bertz CT molecular complexity index is 914. The average molecular weight is 413 g/mol. The Morgan fingerprint density at radius 3 is 2.40 bits per heavy atom. The SMILES string of the molecule is CN=C(NCCNc1ccc([N+](=O)[O-])cc1)N1CCc2cc(OC)c(OC)cc2C1. The molecule has 1 heterocycles. The highest BCUT2D eigenvalue weighted by Gasteiger charge is 2.21. The number of hydrogen-bond donors (Lipinski definition) is 2. The lowest BCUT2D eigenvalue weighted by atomic mass is 9.99. The first kappa shape index (κ1) is 21.2. The topological polar surface area (TPSA) is 101 Å². The summed E-state index contributed by atoms with van der Waals surface area (Å²) in [6.07, 6.45) is 0.900. The second-order valence-corrected chi connectivity index (χ2v) is 6.85. The smallest absolute Gasteiger partial charge is 0.269 e. The summed E-state index contributed by atoms with van der Waals surface area (Å²) in [6.45, 7) is 2.92. The Morgan fingerprint density at radius 2 is 1.80 bits per heavy atom. The summed E-state index contributed by atoms with van der Waals surface area (Å²) in [5.74, 6) is 2.32. The highest BCUT2D eigenvalue weighted by molar-refractivity contribution is 5.80. The minimum Gasteiger partial charge on any atom is -0.493 e. The van der Waals surface area contributed by atoms with E-state index in [1.165, 1.54) is 23.3 Å². The average Bonchev–Trinajstić information content (AvgIpc) is 2.78. The number of hydrogen-bond acceptors (Lipinski definition) is 6. The summed E-state index contributed by atoms with van der Waals surface area (Å²) in [5, 5.41) is 17.3. The van der Waals surface area contributed by atoms with Crippen molar-refractivity contribution in [3.05, 3.63) is 57.6 Å². The quantitative estimate of drug-likeness (QED) is 0.237. The third-order valence-corrected chi connectivity index (χ3v) is 5.04. The molecule has 0 radical (unpaired) electrons. The Kier molecular flexibility index (Phi) is 6.95. The minimum atomic E-state index is -0.405. The molecular weight excluding hydrogens is 386 g/mol. The lowest BCUT2D eigenvalue weighted by Crippen LogP contribution is -2.45. The van der Waals surface area contributed by atoms with Crippen LogP contribution in [0, 0.1) is 10.1 Å². The van der Waals surface area contributed by atoms with Crippen LogP contribution in [0.25, 0.3) is 0 Å². The first-order valence-corrected chi connectivity index (χ1v) is 9.73. The molecule has 1 aliphatic heterocycles. The maximum Gasteiger partial charge on any atom is 0.269 e. The van der Waals surface area contributed by atoms with Gasteiger partial charge in [-0.25, -0.2) is 0 Å². The number of non-ortho nitro benzene ring substituents is 1. The van der Waals surface area contributed by atoms with Crippen molar-refractivity contribution in [3.63, 3.8) is 0 Å². The van der Waals surface area contributed by atoms with Gasteiger partial charge < -0.3 is 25.0 Å². The molecule has 0 aromatic heterocycles. The predicted molar refractivity (Wildman–Crippen MR) is 117 cm³/mol. The van der Waals surface area contributed by atoms with Crippen LogP contribution in [0.2, 0.25) is 0 Å². The molecule has 9 heteroatoms. The largest absolute Gasteiger partial charge is 0.493 e. The van der Waals surface area contributed by atoms with Crippen LogP contribution in [0.5, 0.6) is 11.5 Å². The molecule has 0 aliphatic carbocycles. The van der Waals surface area contributed by atoms with Gasteiger partial charge in [-0.15, -0.1) is 0 Å². The highest BCUT2D eigenvalue weighted by Crippen LogP contribution is 2.33. The fourth-order valence-electron chi connectivity index (χ4n) is 3.48. The number of benzene rings is 2. The summed E-state index contributed by atoms with van der Waals surface area (Å²) < 4.78 is 10.8. The fraction of sp³-hybridized carbons (Fsp3) is 0.381. The molecule has 9 nitrogen and oxygen atoms in total. The van der Waals surface area contributed by atoms with E-state index in [1.807, 2.05) is 6.07 Å². The van der Waals surface area contributed by atoms with Gasteiger partial charge in [0.15, 0.2) is 17.5 Å². The van der Waals surface area contributed by atoms with E-state index >= 15 is 0 Å². The van der Waals surface area contributed by atoms with Gasteiger partial charge in [0.1, 0.15) is 0 Å². The second-order valence-electron chi connectivity index (χ2n) is 6.85. The minimum absolute atomic E-state index is 0.0821. The van der Waals surface area contributed by atoms with Gasteiger partial charge in [0.25, 0.3) is 5.69 Å². The Morgan fingerprint density at radius 1 is 1.13 bits per heavy atom. The van der Waals surface area contributed by atoms with E-state index in [9.17, 15) is 10.1 Å². The van der Waals surface area contributed by atoms with Crippen molar-refractivity contribution < 1.29 is 14.4 Å². The van der Waals surface area contributed by atoms with Crippen LogP contribution in [0.3, 0.4) is 0 Å². The summed E-state index contributed by atoms with van der Waals surface area (Å²) in [6, 6.07) is 10.5. The number of nitro benzene ring substituents is 1. The zero-order chi connectivity index (χ0) is 21.5. The van der Waals surface area contributed by atoms with E-state index in [2.05, 4.69) is 26.6 Å². The van der Waals surface area contributed by atoms with Crippen LogP contribution in [-0.2, 0) is 13.0 Å². The summed E-state index contributed by atoms with van der Waals surface area (Å²) in [7, 11) is 5.06.